The van der Waals surface area contributed by atoms with Crippen molar-refractivity contribution in [3.05, 3.63) is 120 Å². The summed E-state index contributed by atoms with van der Waals surface area (Å²) < 4.78 is 34.0. The molecule has 31 N–H and O–H groups in total. The van der Waals surface area contributed by atoms with Gasteiger partial charge in [0.25, 0.3) is 21.9 Å². The topological polar surface area (TPSA) is 834 Å². The Morgan fingerprint density at radius 3 is 1.66 bits per heavy atom. The van der Waals surface area contributed by atoms with Crippen LogP contribution >= 0.6 is 0 Å². The molecule has 5 aromatic rings. The number of nitrogens with one attached hydrogen (secondary N) is 8. The number of rotatable bonds is 57. The second-order valence-corrected chi connectivity index (χ2v) is 33.3. The number of azo groups is 1. The van der Waals surface area contributed by atoms with Crippen molar-refractivity contribution in [3.8, 4) is 5.75 Å². The van der Waals surface area contributed by atoms with Crippen LogP contribution in [-0.2, 0) is 30.9 Å². The molecule has 0 radical (unpaired) electrons. The molecule has 0 unspecified atom stereocenters. The molecule has 12 atom stereocenters. The van der Waals surface area contributed by atoms with E-state index in [4.69, 9.17) is 50.0 Å². The molecule has 1 aliphatic rings. The summed E-state index contributed by atoms with van der Waals surface area (Å²) in [6.07, 6.45) is -4.54. The van der Waals surface area contributed by atoms with Gasteiger partial charge in [-0.15, -0.1) is 5.75 Å². The third kappa shape index (κ3) is 37.2. The maximum atomic E-state index is 15.7. The van der Waals surface area contributed by atoms with Gasteiger partial charge in [-0.05, 0) is 156 Å². The van der Waals surface area contributed by atoms with Gasteiger partial charge >= 0.3 is 35.5 Å². The van der Waals surface area contributed by atoms with Crippen LogP contribution in [0.3, 0.4) is 0 Å². The minimum absolute atomic E-state index is 0. The Kier molecular flexibility index (Phi) is 47.1. The van der Waals surface area contributed by atoms with Crippen LogP contribution in [0.4, 0.5) is 22.7 Å². The molecule has 0 bridgehead atoms. The maximum Gasteiger partial charge on any atom is 1.00 e. The summed E-state index contributed by atoms with van der Waals surface area (Å²) in [4.78, 5) is 100. The number of aliphatic hydroxyl groups excluding tert-OH is 13. The van der Waals surface area contributed by atoms with E-state index in [0.29, 0.717) is 21.7 Å². The quantitative estimate of drug-likeness (QED) is 0.00643. The second kappa shape index (κ2) is 56.7. The molecule has 0 saturated carbocycles. The van der Waals surface area contributed by atoms with Crippen molar-refractivity contribution >= 4 is 150 Å². The molecule has 48 nitrogen and oxygen atoms in total. The number of likely N-dealkylation sites (tertiary alicyclic amines) is 1. The molecular formula is C87H123N26NaO22S. The minimum Gasteiger partial charge on any atom is -0.872 e. The molecule has 0 aliphatic carbocycles. The van der Waals surface area contributed by atoms with Crippen molar-refractivity contribution in [1.29, 1.82) is 27.0 Å². The predicted molar refractivity (Wildman–Crippen MR) is 515 cm³/mol. The molecule has 5 aromatic carbocycles. The van der Waals surface area contributed by atoms with E-state index in [9.17, 15) is 94.4 Å². The first-order valence-electron chi connectivity index (χ1n) is 43.5. The van der Waals surface area contributed by atoms with E-state index in [1.165, 1.54) is 54.6 Å². The van der Waals surface area contributed by atoms with Crippen LogP contribution in [0.5, 0.6) is 5.75 Å². The number of amides is 3. The van der Waals surface area contributed by atoms with Crippen LogP contribution in [0.15, 0.2) is 169 Å². The summed E-state index contributed by atoms with van der Waals surface area (Å²) in [6, 6.07) is 7.21. The summed E-state index contributed by atoms with van der Waals surface area (Å²) >= 11 is 0. The zero-order valence-electron chi connectivity index (χ0n) is 76.5. The minimum atomic E-state index is -4.59. The fourth-order valence-electron chi connectivity index (χ4n) is 14.0. The predicted octanol–water partition coefficient (Wildman–Crippen LogP) is 4.33. The molecule has 1 saturated heterocycles. The normalized spacial score (nSPS) is 16.4. The monoisotopic (exact) mass is 1940 g/mol. The number of aliphatic imine (C=N–C) groups is 9. The van der Waals surface area contributed by atoms with Crippen LogP contribution in [0.25, 0.3) is 10.8 Å². The van der Waals surface area contributed by atoms with E-state index < -0.39 is 247 Å². The van der Waals surface area contributed by atoms with E-state index in [1.807, 2.05) is 31.1 Å². The second-order valence-electron chi connectivity index (χ2n) is 32.0. The molecule has 0 spiro atoms. The first kappa shape index (κ1) is 114. The fraction of sp³-hybridized carbons (Fsp3) is 0.471. The van der Waals surface area contributed by atoms with Gasteiger partial charge in [-0.2, -0.15) is 18.6 Å². The van der Waals surface area contributed by atoms with E-state index in [-0.39, 0.29) is 166 Å². The third-order valence-corrected chi connectivity index (χ3v) is 22.3. The Balaban J connectivity index is 0.0000331. The Bertz CT molecular complexity index is 5380. The Labute approximate surface area is 812 Å². The van der Waals surface area contributed by atoms with Gasteiger partial charge in [-0.3, -0.25) is 55.9 Å². The molecule has 1 heterocycles. The number of unbranched alkanes of at least 4 members (excludes halogenated alkanes) is 1. The van der Waals surface area contributed by atoms with Crippen LogP contribution in [-0.4, -0.2) is 327 Å². The molecule has 6 rings (SSSR count). The summed E-state index contributed by atoms with van der Waals surface area (Å²) in [7, 11) is -0.867. The van der Waals surface area contributed by atoms with Gasteiger partial charge in [0.05, 0.1) is 37.0 Å². The third-order valence-electron chi connectivity index (χ3n) is 21.4. The van der Waals surface area contributed by atoms with Gasteiger partial charge < -0.3 is 125 Å². The van der Waals surface area contributed by atoms with E-state index in [2.05, 4.69) is 71.1 Å². The molecule has 137 heavy (non-hydrogen) atoms. The van der Waals surface area contributed by atoms with Crippen molar-refractivity contribution in [2.75, 3.05) is 70.2 Å². The number of nitrogens with two attached hydrogens (primary N) is 4. The average molecular weight is 1940 g/mol. The molecule has 1 aliphatic heterocycles. The zero-order chi connectivity index (χ0) is 101. The molecule has 0 aromatic heterocycles. The number of anilines is 2. The molecule has 1 fully saturated rings. The van der Waals surface area contributed by atoms with Gasteiger partial charge in [0, 0.05) is 93.7 Å². The number of fused-ring (bicyclic) bond motifs is 1. The number of carboxylic acids is 1. The Hall–Kier alpha value is -13.6. The van der Waals surface area contributed by atoms with Gasteiger partial charge in [-0.1, -0.05) is 68.8 Å². The standard InChI is InChI=1S/C87H124N26O22S.Na/c1-5-48(2)73(81(127)103-61(34-37-70(91)117)84(130)113(67(18-6-7-39-88)80(126)104-62(85(131)132)17-11-41-100-87(95)96)82(128)50-23-25-51(26-24-50)109-110-52-27-29-53(30-28-52)111(3)4)108-79(125)66-19-12-44-112(66)83(129)64(45-49-21-31-54(115)32-22-49)106-77(123)63(46-71(92)118)105-75(121)59(33-36-69(90)116)102-78(124)65(47-114)107-76(122)60(101-74(120)57(89)15-10-40-99-86(93)94)35-38-72(119)98-43-42-97-58-16-8-14-56-55(58)13-9-20-68(56)136(133,134)135;/h8-9,13-14,16,20-32,48,57,59-67,73,97,114-115H,5-7,10-12,15,17-19,33-47,88-89H2,1-4H3,(H2,90,116)(H2,91,117)(H2,92,118)(H,98,119)(H,101,120)(H,102,124)(H,103,127)(H,104,126)(H,105,121)(H,106,123)(H,107,122)(H,108,125)(H,131,132)(H4,93,94,99)(H4,95,96,100)(H,133,134,135);/q;+1/p-1/t48-,57-,59-,60-,61-,62-,63-,64-,65-,66-,67-,73-;/m0./s1. The summed E-state index contributed by atoms with van der Waals surface area (Å²) in [5.74, 6) is -18.9. The summed E-state index contributed by atoms with van der Waals surface area (Å²) in [6.45, 7) is 2.07. The number of aliphatic carboxylic acids is 1. The number of nitrogens with zero attached hydrogens (tertiary/aromatic N) is 14. The first-order valence-corrected chi connectivity index (χ1v) is 45.0. The van der Waals surface area contributed by atoms with Crippen LogP contribution in [0.1, 0.15) is 139 Å². The number of hydrogen-bond acceptors (Lipinski definition) is 28. The van der Waals surface area contributed by atoms with Gasteiger partial charge in [0.15, 0.2) is 53.5 Å². The number of hydrogen-bond donors (Lipinski definition) is 27. The van der Waals surface area contributed by atoms with Crippen molar-refractivity contribution in [3.63, 3.8) is 0 Å². The number of aliphatic hydroxyl groups is 13. The van der Waals surface area contributed by atoms with Crippen molar-refractivity contribution < 1.29 is 138 Å². The van der Waals surface area contributed by atoms with Crippen molar-refractivity contribution in [2.45, 2.75) is 201 Å². The van der Waals surface area contributed by atoms with Crippen LogP contribution in [0, 0.1) is 33.0 Å². The molecule has 740 valence electrons. The SMILES string of the molecule is CC[C@H](C)[C@H](N=C(O)[C@@H]1CCCN1C(=O)[C@H](Cc1ccc([O-])cc1)N=C(O)[C@H](CC(=N)O)N=C(O)[C@H](CCC(=N)O)N=C(O)[C@H](CO)N=C(O)[C@H](CCC(O)=NCCNc1cccc2c(S(=O)(=O)O)cccc12)N=C(O)[C@@H](N)CCCNC(=N)N)C(O)=N[C@@H](CCC(=N)O)C(=O)N(C(=O)c1ccc(N=Nc2ccc(N(C)C)cc2)cc1)[C@@H](CCCCN)C(O)=N[C@@H](CCCNC(=N)N)C(=O)O.[Na+]. The number of guanidine groups is 2. The number of carbonyl (C=O) groups excluding carboxylic acids is 3. The molecule has 3 amide bonds. The number of imide groups is 1. The van der Waals surface area contributed by atoms with E-state index in [1.54, 1.807) is 44.2 Å². The zero-order valence-corrected chi connectivity index (χ0v) is 79.4. The molecular weight excluding hydrogens is 1820 g/mol. The number of carboxylic acid groups (broad SMARTS) is 1. The summed E-state index contributed by atoms with van der Waals surface area (Å²) in [5.41, 5.74) is 25.0. The number of carbonyl (C=O) groups is 4. The Morgan fingerprint density at radius 1 is 0.577 bits per heavy atom. The van der Waals surface area contributed by atoms with E-state index in [0.717, 1.165) is 22.7 Å². The average Bonchev–Trinajstić information content (AvgIpc) is 1.14. The van der Waals surface area contributed by atoms with Crippen LogP contribution in [0.2, 0.25) is 0 Å². The number of benzene rings is 5. The van der Waals surface area contributed by atoms with Gasteiger partial charge in [0.2, 0.25) is 47.2 Å². The largest absolute Gasteiger partial charge is 1.00 e. The van der Waals surface area contributed by atoms with Gasteiger partial charge in [0.1, 0.15) is 53.2 Å². The van der Waals surface area contributed by atoms with Crippen molar-refractivity contribution in [2.24, 2.45) is 84.0 Å². The first-order chi connectivity index (χ1) is 64.4. The fourth-order valence-corrected chi connectivity index (χ4v) is 14.7. The van der Waals surface area contributed by atoms with Crippen LogP contribution < -0.4 is 78.4 Å². The van der Waals surface area contributed by atoms with E-state index >= 15 is 14.4 Å². The summed E-state index contributed by atoms with van der Waals surface area (Å²) in [5, 5.41) is 227. The smallest absolute Gasteiger partial charge is 0.872 e. The van der Waals surface area contributed by atoms with Crippen molar-refractivity contribution in [1.82, 2.24) is 20.4 Å². The van der Waals surface area contributed by atoms with Gasteiger partial charge in [-0.25, -0.2) is 44.7 Å². The Morgan fingerprint density at radius 2 is 1.10 bits per heavy atom. The maximum absolute atomic E-state index is 15.7. The molecule has 50 heteroatoms.